The van der Waals surface area contributed by atoms with Gasteiger partial charge in [0.05, 0.1) is 4.90 Å². The van der Waals surface area contributed by atoms with Gasteiger partial charge in [0, 0.05) is 18.4 Å². The highest BCUT2D eigenvalue weighted by molar-refractivity contribution is 7.90. The lowest BCUT2D eigenvalue weighted by atomic mass is 10.1. The first-order valence-corrected chi connectivity index (χ1v) is 9.58. The van der Waals surface area contributed by atoms with E-state index in [9.17, 15) is 13.2 Å². The molecule has 0 aromatic heterocycles. The predicted molar refractivity (Wildman–Crippen MR) is 86.9 cm³/mol. The SMILES string of the molecule is Cc1ccc(S(C)(=O)=O)cc1C(=O)NCCCN1CCCC1. The van der Waals surface area contributed by atoms with Crippen molar-refractivity contribution >= 4 is 15.7 Å². The molecule has 0 saturated carbocycles. The minimum atomic E-state index is -3.30. The van der Waals surface area contributed by atoms with Crippen LogP contribution in [0.4, 0.5) is 0 Å². The molecule has 0 spiro atoms. The topological polar surface area (TPSA) is 66.5 Å². The average molecular weight is 324 g/mol. The zero-order chi connectivity index (χ0) is 16.2. The fourth-order valence-corrected chi connectivity index (χ4v) is 3.33. The molecule has 1 aromatic carbocycles. The van der Waals surface area contributed by atoms with Gasteiger partial charge in [-0.2, -0.15) is 0 Å². The van der Waals surface area contributed by atoms with E-state index >= 15 is 0 Å². The lowest BCUT2D eigenvalue weighted by Crippen LogP contribution is -2.29. The third kappa shape index (κ3) is 4.55. The Morgan fingerprint density at radius 2 is 1.95 bits per heavy atom. The summed E-state index contributed by atoms with van der Waals surface area (Å²) >= 11 is 0. The lowest BCUT2D eigenvalue weighted by Gasteiger charge is -2.14. The maximum absolute atomic E-state index is 12.2. The molecule has 6 heteroatoms. The van der Waals surface area contributed by atoms with Crippen LogP contribution in [0.25, 0.3) is 0 Å². The second-order valence-corrected chi connectivity index (χ2v) is 7.92. The Labute approximate surface area is 132 Å². The summed E-state index contributed by atoms with van der Waals surface area (Å²) in [5.41, 5.74) is 1.22. The Kier molecular flexibility index (Phi) is 5.58. The van der Waals surface area contributed by atoms with Gasteiger partial charge in [0.2, 0.25) is 0 Å². The van der Waals surface area contributed by atoms with Crippen LogP contribution in [0.2, 0.25) is 0 Å². The van der Waals surface area contributed by atoms with E-state index in [1.165, 1.54) is 25.0 Å². The van der Waals surface area contributed by atoms with Crippen molar-refractivity contribution in [1.82, 2.24) is 10.2 Å². The maximum Gasteiger partial charge on any atom is 0.251 e. The summed E-state index contributed by atoms with van der Waals surface area (Å²) < 4.78 is 23.2. The monoisotopic (exact) mass is 324 g/mol. The van der Waals surface area contributed by atoms with E-state index in [1.54, 1.807) is 6.07 Å². The van der Waals surface area contributed by atoms with Crippen molar-refractivity contribution < 1.29 is 13.2 Å². The standard InChI is InChI=1S/C16H24N2O3S/c1-13-6-7-14(22(2,20)21)12-15(13)16(19)17-8-5-11-18-9-3-4-10-18/h6-7,12H,3-5,8-11H2,1-2H3,(H,17,19). The minimum Gasteiger partial charge on any atom is -0.352 e. The van der Waals surface area contributed by atoms with E-state index in [4.69, 9.17) is 0 Å². The number of carbonyl (C=O) groups excluding carboxylic acids is 1. The number of rotatable bonds is 6. The molecule has 1 saturated heterocycles. The molecule has 0 radical (unpaired) electrons. The number of aryl methyl sites for hydroxylation is 1. The predicted octanol–water partition coefficient (Wildman–Crippen LogP) is 1.61. The van der Waals surface area contributed by atoms with Crippen LogP contribution in [0.15, 0.2) is 23.1 Å². The summed E-state index contributed by atoms with van der Waals surface area (Å²) in [5.74, 6) is -0.204. The Hall–Kier alpha value is -1.40. The van der Waals surface area contributed by atoms with Gasteiger partial charge in [0.25, 0.3) is 5.91 Å². The summed E-state index contributed by atoms with van der Waals surface area (Å²) in [6.45, 7) is 5.73. The zero-order valence-corrected chi connectivity index (χ0v) is 14.1. The third-order valence-electron chi connectivity index (χ3n) is 4.02. The number of carbonyl (C=O) groups is 1. The highest BCUT2D eigenvalue weighted by Crippen LogP contribution is 2.15. The van der Waals surface area contributed by atoms with Crippen molar-refractivity contribution in [2.24, 2.45) is 0 Å². The number of nitrogens with zero attached hydrogens (tertiary/aromatic N) is 1. The Morgan fingerprint density at radius 1 is 1.27 bits per heavy atom. The van der Waals surface area contributed by atoms with Gasteiger partial charge in [-0.05, 0) is 63.5 Å². The van der Waals surface area contributed by atoms with Gasteiger partial charge in [0.15, 0.2) is 9.84 Å². The van der Waals surface area contributed by atoms with Crippen molar-refractivity contribution in [2.75, 3.05) is 32.4 Å². The average Bonchev–Trinajstić information content (AvgIpc) is 2.95. The molecule has 0 bridgehead atoms. The Balaban J connectivity index is 1.91. The zero-order valence-electron chi connectivity index (χ0n) is 13.3. The number of hydrogen-bond donors (Lipinski definition) is 1. The van der Waals surface area contributed by atoms with Crippen molar-refractivity contribution in [1.29, 1.82) is 0 Å². The van der Waals surface area contributed by atoms with E-state index in [0.717, 1.165) is 37.9 Å². The summed E-state index contributed by atoms with van der Waals surface area (Å²) in [4.78, 5) is 14.8. The molecule has 0 atom stereocenters. The highest BCUT2D eigenvalue weighted by atomic mass is 32.2. The molecule has 1 amide bonds. The summed E-state index contributed by atoms with van der Waals surface area (Å²) in [6, 6.07) is 4.67. The number of hydrogen-bond acceptors (Lipinski definition) is 4. The summed E-state index contributed by atoms with van der Waals surface area (Å²) in [5, 5.41) is 2.88. The first-order valence-electron chi connectivity index (χ1n) is 7.69. The van der Waals surface area contributed by atoms with Gasteiger partial charge in [-0.3, -0.25) is 4.79 Å². The van der Waals surface area contributed by atoms with E-state index in [1.807, 2.05) is 6.92 Å². The van der Waals surface area contributed by atoms with Crippen LogP contribution in [0.5, 0.6) is 0 Å². The van der Waals surface area contributed by atoms with Gasteiger partial charge in [-0.25, -0.2) is 8.42 Å². The molecule has 5 nitrogen and oxygen atoms in total. The van der Waals surface area contributed by atoms with E-state index in [2.05, 4.69) is 10.2 Å². The van der Waals surface area contributed by atoms with E-state index < -0.39 is 9.84 Å². The van der Waals surface area contributed by atoms with Gasteiger partial charge in [0.1, 0.15) is 0 Å². The molecule has 2 rings (SSSR count). The molecule has 1 aromatic rings. The molecule has 0 unspecified atom stereocenters. The van der Waals surface area contributed by atoms with Crippen LogP contribution in [-0.2, 0) is 9.84 Å². The van der Waals surface area contributed by atoms with Crippen LogP contribution >= 0.6 is 0 Å². The second-order valence-electron chi connectivity index (χ2n) is 5.91. The molecular weight excluding hydrogens is 300 g/mol. The first kappa shape index (κ1) is 17.0. The molecule has 1 fully saturated rings. The van der Waals surface area contributed by atoms with E-state index in [-0.39, 0.29) is 10.8 Å². The van der Waals surface area contributed by atoms with Crippen LogP contribution in [0.1, 0.15) is 35.2 Å². The first-order chi connectivity index (χ1) is 10.4. The van der Waals surface area contributed by atoms with Crippen LogP contribution in [0.3, 0.4) is 0 Å². The maximum atomic E-state index is 12.2. The number of nitrogens with one attached hydrogen (secondary N) is 1. The molecule has 0 aliphatic carbocycles. The fourth-order valence-electron chi connectivity index (χ4n) is 2.68. The molecule has 1 aliphatic rings. The largest absolute Gasteiger partial charge is 0.352 e. The van der Waals surface area contributed by atoms with Gasteiger partial charge < -0.3 is 10.2 Å². The molecule has 1 heterocycles. The third-order valence-corrected chi connectivity index (χ3v) is 5.13. The number of amides is 1. The lowest BCUT2D eigenvalue weighted by molar-refractivity contribution is 0.0951. The number of benzene rings is 1. The number of likely N-dealkylation sites (tertiary alicyclic amines) is 1. The smallest absolute Gasteiger partial charge is 0.251 e. The molecule has 1 aliphatic heterocycles. The summed E-state index contributed by atoms with van der Waals surface area (Å²) in [6.07, 6.45) is 4.60. The fraction of sp³-hybridized carbons (Fsp3) is 0.562. The van der Waals surface area contributed by atoms with Crippen molar-refractivity contribution in [3.63, 3.8) is 0 Å². The van der Waals surface area contributed by atoms with Crippen LogP contribution in [-0.4, -0.2) is 51.7 Å². The summed E-state index contributed by atoms with van der Waals surface area (Å²) in [7, 11) is -3.30. The molecule has 1 N–H and O–H groups in total. The van der Waals surface area contributed by atoms with Crippen LogP contribution in [0, 0.1) is 6.92 Å². The number of sulfone groups is 1. The van der Waals surface area contributed by atoms with Crippen LogP contribution < -0.4 is 5.32 Å². The van der Waals surface area contributed by atoms with Gasteiger partial charge in [-0.1, -0.05) is 6.07 Å². The second kappa shape index (κ2) is 7.24. The normalized spacial score (nSPS) is 15.9. The minimum absolute atomic E-state index is 0.181. The highest BCUT2D eigenvalue weighted by Gasteiger charge is 2.15. The molecule has 22 heavy (non-hydrogen) atoms. The molecular formula is C16H24N2O3S. The Bertz CT molecular complexity index is 635. The van der Waals surface area contributed by atoms with Crippen molar-refractivity contribution in [3.8, 4) is 0 Å². The van der Waals surface area contributed by atoms with Gasteiger partial charge >= 0.3 is 0 Å². The Morgan fingerprint density at radius 3 is 2.59 bits per heavy atom. The van der Waals surface area contributed by atoms with Crippen molar-refractivity contribution in [2.45, 2.75) is 31.1 Å². The van der Waals surface area contributed by atoms with Gasteiger partial charge in [-0.15, -0.1) is 0 Å². The quantitative estimate of drug-likeness (QED) is 0.808. The molecule has 122 valence electrons. The van der Waals surface area contributed by atoms with E-state index in [0.29, 0.717) is 12.1 Å². The van der Waals surface area contributed by atoms with Crippen molar-refractivity contribution in [3.05, 3.63) is 29.3 Å².